The normalized spacial score (nSPS) is 10.1. The van der Waals surface area contributed by atoms with Crippen molar-refractivity contribution in [3.8, 4) is 17.2 Å². The highest BCUT2D eigenvalue weighted by Gasteiger charge is 2.10. The van der Waals surface area contributed by atoms with Crippen LogP contribution in [0, 0.1) is 0 Å². The van der Waals surface area contributed by atoms with Gasteiger partial charge in [-0.15, -0.1) is 0 Å². The monoisotopic (exact) mass is 379 g/mol. The number of anilines is 3. The van der Waals surface area contributed by atoms with Gasteiger partial charge in [-0.05, 0) is 48.5 Å². The Morgan fingerprint density at radius 1 is 0.786 bits per heavy atom. The molecule has 0 aliphatic carbocycles. The zero-order chi connectivity index (χ0) is 19.9. The fraction of sp³-hybridized carbons (Fsp3) is 0.143. The Labute approximate surface area is 163 Å². The molecule has 0 spiro atoms. The van der Waals surface area contributed by atoms with E-state index in [1.807, 2.05) is 12.1 Å². The van der Waals surface area contributed by atoms with Gasteiger partial charge in [0.25, 0.3) is 5.91 Å². The van der Waals surface area contributed by atoms with E-state index in [0.29, 0.717) is 22.9 Å². The summed E-state index contributed by atoms with van der Waals surface area (Å²) in [5.41, 5.74) is 2.47. The van der Waals surface area contributed by atoms with E-state index >= 15 is 0 Å². The summed E-state index contributed by atoms with van der Waals surface area (Å²) in [6.45, 7) is 0. The molecule has 0 fully saturated rings. The lowest BCUT2D eigenvalue weighted by Crippen LogP contribution is -2.13. The molecule has 0 saturated heterocycles. The van der Waals surface area contributed by atoms with Gasteiger partial charge in [-0.2, -0.15) is 0 Å². The Balaban J connectivity index is 1.73. The molecule has 2 N–H and O–H groups in total. The number of amides is 1. The van der Waals surface area contributed by atoms with Crippen molar-refractivity contribution in [1.82, 2.24) is 4.98 Å². The van der Waals surface area contributed by atoms with E-state index in [1.54, 1.807) is 70.0 Å². The van der Waals surface area contributed by atoms with Gasteiger partial charge in [-0.25, -0.2) is 0 Å². The number of rotatable bonds is 7. The molecule has 0 aliphatic rings. The highest BCUT2D eigenvalue weighted by molar-refractivity contribution is 6.03. The van der Waals surface area contributed by atoms with E-state index < -0.39 is 0 Å². The van der Waals surface area contributed by atoms with Crippen molar-refractivity contribution in [3.63, 3.8) is 0 Å². The number of nitrogens with one attached hydrogen (secondary N) is 2. The van der Waals surface area contributed by atoms with E-state index in [-0.39, 0.29) is 5.91 Å². The van der Waals surface area contributed by atoms with Gasteiger partial charge in [0.15, 0.2) is 11.5 Å². The molecule has 1 aromatic heterocycles. The Hall–Kier alpha value is -3.74. The van der Waals surface area contributed by atoms with Crippen LogP contribution >= 0.6 is 0 Å². The molecule has 1 heterocycles. The predicted molar refractivity (Wildman–Crippen MR) is 108 cm³/mol. The predicted octanol–water partition coefficient (Wildman–Crippen LogP) is 4.10. The van der Waals surface area contributed by atoms with Gasteiger partial charge in [-0.1, -0.05) is 0 Å². The van der Waals surface area contributed by atoms with Crippen LogP contribution in [0.4, 0.5) is 17.1 Å². The molecule has 3 rings (SSSR count). The van der Waals surface area contributed by atoms with E-state index in [2.05, 4.69) is 15.6 Å². The van der Waals surface area contributed by atoms with E-state index in [0.717, 1.165) is 17.1 Å². The summed E-state index contributed by atoms with van der Waals surface area (Å²) in [4.78, 5) is 16.6. The van der Waals surface area contributed by atoms with Crippen molar-refractivity contribution < 1.29 is 19.0 Å². The largest absolute Gasteiger partial charge is 0.497 e. The number of aromatic nitrogens is 1. The molecule has 2 aromatic carbocycles. The molecule has 0 aliphatic heterocycles. The number of carbonyl (C=O) groups excluding carboxylic acids is 1. The third-order valence-corrected chi connectivity index (χ3v) is 4.01. The Kier molecular flexibility index (Phi) is 5.96. The second kappa shape index (κ2) is 8.77. The topological polar surface area (TPSA) is 81.7 Å². The van der Waals surface area contributed by atoms with Crippen molar-refractivity contribution in [2.75, 3.05) is 32.0 Å². The van der Waals surface area contributed by atoms with Crippen LogP contribution in [-0.2, 0) is 0 Å². The average molecular weight is 379 g/mol. The van der Waals surface area contributed by atoms with E-state index in [4.69, 9.17) is 14.2 Å². The van der Waals surface area contributed by atoms with Gasteiger partial charge in [-0.3, -0.25) is 9.78 Å². The minimum Gasteiger partial charge on any atom is -0.497 e. The summed E-state index contributed by atoms with van der Waals surface area (Å²) in [5.74, 6) is 1.67. The number of carbonyl (C=O) groups is 1. The summed E-state index contributed by atoms with van der Waals surface area (Å²) in [6, 6.07) is 16.0. The van der Waals surface area contributed by atoms with Crippen molar-refractivity contribution >= 4 is 23.0 Å². The van der Waals surface area contributed by atoms with Crippen LogP contribution in [0.2, 0.25) is 0 Å². The molecule has 0 saturated carbocycles. The number of hydrogen-bond acceptors (Lipinski definition) is 6. The Morgan fingerprint density at radius 3 is 2.14 bits per heavy atom. The maximum absolute atomic E-state index is 12.5. The molecule has 144 valence electrons. The standard InChI is InChI=1S/C21H21N3O4/c1-26-17-7-4-14(5-8-17)24-21(25)18-12-16(10-11-22-18)23-15-6-9-19(27-2)20(13-15)28-3/h4-13H,1-3H3,(H,22,23)(H,24,25). The maximum atomic E-state index is 12.5. The summed E-state index contributed by atoms with van der Waals surface area (Å²) < 4.78 is 15.7. The molecule has 3 aromatic rings. The molecule has 0 bridgehead atoms. The first-order valence-corrected chi connectivity index (χ1v) is 8.53. The lowest BCUT2D eigenvalue weighted by Gasteiger charge is -2.12. The van der Waals surface area contributed by atoms with Crippen molar-refractivity contribution in [2.24, 2.45) is 0 Å². The number of benzene rings is 2. The van der Waals surface area contributed by atoms with Crippen molar-refractivity contribution in [1.29, 1.82) is 0 Å². The van der Waals surface area contributed by atoms with Gasteiger partial charge < -0.3 is 24.8 Å². The zero-order valence-corrected chi connectivity index (χ0v) is 15.9. The molecule has 0 radical (unpaired) electrons. The molecular weight excluding hydrogens is 358 g/mol. The van der Waals surface area contributed by atoms with Crippen LogP contribution in [0.3, 0.4) is 0 Å². The quantitative estimate of drug-likeness (QED) is 0.643. The SMILES string of the molecule is COc1ccc(NC(=O)c2cc(Nc3ccc(OC)c(OC)c3)ccn2)cc1. The van der Waals surface area contributed by atoms with Crippen LogP contribution in [-0.4, -0.2) is 32.2 Å². The van der Waals surface area contributed by atoms with E-state index in [1.165, 1.54) is 0 Å². The van der Waals surface area contributed by atoms with Crippen LogP contribution in [0.25, 0.3) is 0 Å². The second-order valence-electron chi connectivity index (χ2n) is 5.81. The second-order valence-corrected chi connectivity index (χ2v) is 5.81. The molecule has 7 heteroatoms. The summed E-state index contributed by atoms with van der Waals surface area (Å²) in [7, 11) is 4.76. The van der Waals surface area contributed by atoms with Gasteiger partial charge in [0.05, 0.1) is 21.3 Å². The minimum absolute atomic E-state index is 0.293. The van der Waals surface area contributed by atoms with E-state index in [9.17, 15) is 4.79 Å². The van der Waals surface area contributed by atoms with Crippen molar-refractivity contribution in [3.05, 3.63) is 66.5 Å². The van der Waals surface area contributed by atoms with Crippen LogP contribution in [0.15, 0.2) is 60.8 Å². The summed E-state index contributed by atoms with van der Waals surface area (Å²) >= 11 is 0. The lowest BCUT2D eigenvalue weighted by atomic mass is 10.2. The summed E-state index contributed by atoms with van der Waals surface area (Å²) in [6.07, 6.45) is 1.58. The fourth-order valence-electron chi connectivity index (χ4n) is 2.58. The van der Waals surface area contributed by atoms with Crippen LogP contribution in [0.5, 0.6) is 17.2 Å². The minimum atomic E-state index is -0.305. The van der Waals surface area contributed by atoms with Gasteiger partial charge in [0.2, 0.25) is 0 Å². The Morgan fingerprint density at radius 2 is 1.46 bits per heavy atom. The molecule has 0 unspecified atom stereocenters. The van der Waals surface area contributed by atoms with Gasteiger partial charge in [0.1, 0.15) is 11.4 Å². The van der Waals surface area contributed by atoms with Gasteiger partial charge >= 0.3 is 0 Å². The number of nitrogens with zero attached hydrogens (tertiary/aromatic N) is 1. The summed E-state index contributed by atoms with van der Waals surface area (Å²) in [5, 5.41) is 6.04. The number of pyridine rings is 1. The smallest absolute Gasteiger partial charge is 0.274 e. The third kappa shape index (κ3) is 4.50. The first-order valence-electron chi connectivity index (χ1n) is 8.53. The zero-order valence-electron chi connectivity index (χ0n) is 15.9. The Bertz CT molecular complexity index is 958. The third-order valence-electron chi connectivity index (χ3n) is 4.01. The fourth-order valence-corrected chi connectivity index (χ4v) is 2.58. The van der Waals surface area contributed by atoms with Crippen LogP contribution < -0.4 is 24.8 Å². The first kappa shape index (κ1) is 19.0. The maximum Gasteiger partial charge on any atom is 0.274 e. The molecule has 1 amide bonds. The highest BCUT2D eigenvalue weighted by atomic mass is 16.5. The lowest BCUT2D eigenvalue weighted by molar-refractivity contribution is 0.102. The number of ether oxygens (including phenoxy) is 3. The molecule has 28 heavy (non-hydrogen) atoms. The van der Waals surface area contributed by atoms with Crippen molar-refractivity contribution in [2.45, 2.75) is 0 Å². The first-order chi connectivity index (χ1) is 13.6. The van der Waals surface area contributed by atoms with Gasteiger partial charge in [0, 0.05) is 29.3 Å². The molecule has 0 atom stereocenters. The number of hydrogen-bond donors (Lipinski definition) is 2. The average Bonchev–Trinajstić information content (AvgIpc) is 2.74. The highest BCUT2D eigenvalue weighted by Crippen LogP contribution is 2.31. The number of methoxy groups -OCH3 is 3. The van der Waals surface area contributed by atoms with Crippen LogP contribution in [0.1, 0.15) is 10.5 Å². The molecule has 7 nitrogen and oxygen atoms in total. The molecular formula is C21H21N3O4.